The molecule has 1 saturated carbocycles. The lowest BCUT2D eigenvalue weighted by Gasteiger charge is -2.11. The molecule has 0 heterocycles. The lowest BCUT2D eigenvalue weighted by molar-refractivity contribution is 0.518. The van der Waals surface area contributed by atoms with Crippen molar-refractivity contribution in [3.05, 3.63) is 29.3 Å². The van der Waals surface area contributed by atoms with Crippen LogP contribution in [0.25, 0.3) is 0 Å². The Kier molecular flexibility index (Phi) is 4.03. The quantitative estimate of drug-likeness (QED) is 0.849. The summed E-state index contributed by atoms with van der Waals surface area (Å²) in [5.41, 5.74) is 2.96. The summed E-state index contributed by atoms with van der Waals surface area (Å²) in [7, 11) is 0. The van der Waals surface area contributed by atoms with Crippen molar-refractivity contribution >= 4 is 5.69 Å². The largest absolute Gasteiger partial charge is 0.385 e. The minimum Gasteiger partial charge on any atom is -0.385 e. The lowest BCUT2D eigenvalue weighted by Crippen LogP contribution is -2.06. The minimum absolute atomic E-state index is 0.770. The van der Waals surface area contributed by atoms with E-state index >= 15 is 0 Å². The molecule has 0 bridgehead atoms. The zero-order chi connectivity index (χ0) is 12.1. The van der Waals surface area contributed by atoms with Gasteiger partial charge in [-0.15, -0.1) is 0 Å². The van der Waals surface area contributed by atoms with Gasteiger partial charge in [0.15, 0.2) is 0 Å². The van der Waals surface area contributed by atoms with Crippen molar-refractivity contribution in [1.29, 1.82) is 5.26 Å². The van der Waals surface area contributed by atoms with Crippen LogP contribution in [0.5, 0.6) is 0 Å². The minimum atomic E-state index is 0.770. The zero-order valence-corrected chi connectivity index (χ0v) is 10.5. The topological polar surface area (TPSA) is 35.8 Å². The second kappa shape index (κ2) is 5.72. The Morgan fingerprint density at radius 1 is 1.35 bits per heavy atom. The maximum atomic E-state index is 8.86. The summed E-state index contributed by atoms with van der Waals surface area (Å²) in [6, 6.07) is 8.15. The first kappa shape index (κ1) is 12.0. The van der Waals surface area contributed by atoms with Gasteiger partial charge in [-0.3, -0.25) is 0 Å². The Hall–Kier alpha value is -1.49. The van der Waals surface area contributed by atoms with E-state index in [9.17, 15) is 0 Å². The van der Waals surface area contributed by atoms with Crippen LogP contribution < -0.4 is 5.32 Å². The van der Waals surface area contributed by atoms with Gasteiger partial charge in [0.2, 0.25) is 0 Å². The highest BCUT2D eigenvalue weighted by Crippen LogP contribution is 2.27. The number of anilines is 1. The summed E-state index contributed by atoms with van der Waals surface area (Å²) >= 11 is 0. The van der Waals surface area contributed by atoms with Crippen LogP contribution in [0.15, 0.2) is 18.2 Å². The van der Waals surface area contributed by atoms with Crippen LogP contribution in [0.3, 0.4) is 0 Å². The fourth-order valence-corrected chi connectivity index (χ4v) is 2.62. The highest BCUT2D eigenvalue weighted by molar-refractivity contribution is 5.51. The van der Waals surface area contributed by atoms with Gasteiger partial charge in [-0.2, -0.15) is 5.26 Å². The molecule has 0 radical (unpaired) electrons. The SMILES string of the molecule is Cc1cc(NCCC2CCCC2)ccc1C#N. The van der Waals surface area contributed by atoms with Crippen LogP contribution in [0, 0.1) is 24.2 Å². The van der Waals surface area contributed by atoms with Gasteiger partial charge in [0, 0.05) is 12.2 Å². The van der Waals surface area contributed by atoms with Gasteiger partial charge in [-0.25, -0.2) is 0 Å². The van der Waals surface area contributed by atoms with E-state index in [0.717, 1.165) is 29.3 Å². The van der Waals surface area contributed by atoms with Crippen LogP contribution in [0.4, 0.5) is 5.69 Å². The maximum absolute atomic E-state index is 8.86. The summed E-state index contributed by atoms with van der Waals surface area (Å²) in [5.74, 6) is 0.932. The number of aryl methyl sites for hydroxylation is 1. The average Bonchev–Trinajstić information content (AvgIpc) is 2.82. The van der Waals surface area contributed by atoms with Gasteiger partial charge < -0.3 is 5.32 Å². The molecule has 1 aromatic carbocycles. The molecule has 0 aromatic heterocycles. The Bertz CT molecular complexity index is 411. The lowest BCUT2D eigenvalue weighted by atomic mass is 10.0. The van der Waals surface area contributed by atoms with Crippen LogP contribution >= 0.6 is 0 Å². The monoisotopic (exact) mass is 228 g/mol. The number of nitrogens with one attached hydrogen (secondary N) is 1. The summed E-state index contributed by atoms with van der Waals surface area (Å²) in [6.45, 7) is 3.04. The third-order valence-corrected chi connectivity index (χ3v) is 3.70. The fourth-order valence-electron chi connectivity index (χ4n) is 2.62. The summed E-state index contributed by atoms with van der Waals surface area (Å²) in [6.07, 6.45) is 6.93. The van der Waals surface area contributed by atoms with Crippen LogP contribution in [0.1, 0.15) is 43.2 Å². The van der Waals surface area contributed by atoms with Crippen molar-refractivity contribution in [3.63, 3.8) is 0 Å². The van der Waals surface area contributed by atoms with E-state index in [-0.39, 0.29) is 0 Å². The molecule has 90 valence electrons. The highest BCUT2D eigenvalue weighted by atomic mass is 14.9. The molecule has 1 N–H and O–H groups in total. The van der Waals surface area contributed by atoms with Crippen molar-refractivity contribution in [2.75, 3.05) is 11.9 Å². The molecule has 1 aliphatic carbocycles. The molecule has 0 aliphatic heterocycles. The predicted molar refractivity (Wildman–Crippen MR) is 71.0 cm³/mol. The van der Waals surface area contributed by atoms with Crippen molar-refractivity contribution in [2.24, 2.45) is 5.92 Å². The number of rotatable bonds is 4. The van der Waals surface area contributed by atoms with Gasteiger partial charge in [0.05, 0.1) is 11.6 Å². The Balaban J connectivity index is 1.82. The van der Waals surface area contributed by atoms with Crippen LogP contribution in [0.2, 0.25) is 0 Å². The third kappa shape index (κ3) is 3.23. The number of nitriles is 1. The first-order valence-corrected chi connectivity index (χ1v) is 6.54. The summed E-state index contributed by atoms with van der Waals surface area (Å²) in [5, 5.41) is 12.3. The molecule has 0 atom stereocenters. The molecule has 0 saturated heterocycles. The van der Waals surface area contributed by atoms with Crippen LogP contribution in [-0.4, -0.2) is 6.54 Å². The molecule has 2 rings (SSSR count). The van der Waals surface area contributed by atoms with Crippen LogP contribution in [-0.2, 0) is 0 Å². The Morgan fingerprint density at radius 2 is 2.12 bits per heavy atom. The van der Waals surface area contributed by atoms with Gasteiger partial charge in [-0.05, 0) is 43.0 Å². The molecule has 0 unspecified atom stereocenters. The average molecular weight is 228 g/mol. The first-order chi connectivity index (χ1) is 8.29. The van der Waals surface area contributed by atoms with Gasteiger partial charge in [0.25, 0.3) is 0 Å². The van der Waals surface area contributed by atoms with Crippen molar-refractivity contribution < 1.29 is 0 Å². The molecule has 2 nitrogen and oxygen atoms in total. The molecule has 0 amide bonds. The van der Waals surface area contributed by atoms with E-state index in [2.05, 4.69) is 17.5 Å². The van der Waals surface area contributed by atoms with E-state index < -0.39 is 0 Å². The molecular weight excluding hydrogens is 208 g/mol. The second-order valence-electron chi connectivity index (χ2n) is 5.01. The molecule has 1 aliphatic rings. The molecule has 1 aromatic rings. The normalized spacial score (nSPS) is 15.8. The van der Waals surface area contributed by atoms with Crippen molar-refractivity contribution in [2.45, 2.75) is 39.0 Å². The molecular formula is C15H20N2. The highest BCUT2D eigenvalue weighted by Gasteiger charge is 2.13. The molecule has 1 fully saturated rings. The van der Waals surface area contributed by atoms with Gasteiger partial charge in [0.1, 0.15) is 0 Å². The Morgan fingerprint density at radius 3 is 2.76 bits per heavy atom. The van der Waals surface area contributed by atoms with E-state index in [0.29, 0.717) is 0 Å². The van der Waals surface area contributed by atoms with E-state index in [4.69, 9.17) is 5.26 Å². The van der Waals surface area contributed by atoms with Gasteiger partial charge >= 0.3 is 0 Å². The standard InChI is InChI=1S/C15H20N2/c1-12-10-15(7-6-14(12)11-16)17-9-8-13-4-2-3-5-13/h6-7,10,13,17H,2-5,8-9H2,1H3. The first-order valence-electron chi connectivity index (χ1n) is 6.54. The number of hydrogen-bond acceptors (Lipinski definition) is 2. The van der Waals surface area contributed by atoms with Gasteiger partial charge in [-0.1, -0.05) is 25.7 Å². The molecule has 17 heavy (non-hydrogen) atoms. The second-order valence-corrected chi connectivity index (χ2v) is 5.01. The number of hydrogen-bond donors (Lipinski definition) is 1. The van der Waals surface area contributed by atoms with E-state index in [1.807, 2.05) is 19.1 Å². The summed E-state index contributed by atoms with van der Waals surface area (Å²) < 4.78 is 0. The summed E-state index contributed by atoms with van der Waals surface area (Å²) in [4.78, 5) is 0. The fraction of sp³-hybridized carbons (Fsp3) is 0.533. The maximum Gasteiger partial charge on any atom is 0.0994 e. The molecule has 0 spiro atoms. The zero-order valence-electron chi connectivity index (χ0n) is 10.5. The van der Waals surface area contributed by atoms with E-state index in [1.54, 1.807) is 0 Å². The van der Waals surface area contributed by atoms with Crippen molar-refractivity contribution in [3.8, 4) is 6.07 Å². The smallest absolute Gasteiger partial charge is 0.0994 e. The van der Waals surface area contributed by atoms with Crippen molar-refractivity contribution in [1.82, 2.24) is 0 Å². The third-order valence-electron chi connectivity index (χ3n) is 3.70. The van der Waals surface area contributed by atoms with E-state index in [1.165, 1.54) is 32.1 Å². The number of benzene rings is 1. The Labute approximate surface area is 104 Å². The number of nitrogens with zero attached hydrogens (tertiary/aromatic N) is 1. The predicted octanol–water partition coefficient (Wildman–Crippen LogP) is 3.86. The molecule has 2 heteroatoms.